The van der Waals surface area contributed by atoms with Gasteiger partial charge in [0.25, 0.3) is 0 Å². The molecule has 0 saturated heterocycles. The third-order valence-electron chi connectivity index (χ3n) is 12.2. The Balaban J connectivity index is -0.000000413. The summed E-state index contributed by atoms with van der Waals surface area (Å²) >= 11 is 0. The number of likely N-dealkylation sites (N-methyl/N-ethyl adjacent to an activating group) is 2. The van der Waals surface area contributed by atoms with Crippen LogP contribution in [-0.2, 0) is 33.4 Å². The molecule has 0 aromatic rings. The molecule has 0 radical (unpaired) electrons. The zero-order valence-electron chi connectivity index (χ0n) is 45.7. The van der Waals surface area contributed by atoms with E-state index in [1.165, 1.54) is 0 Å². The Labute approximate surface area is 395 Å². The lowest BCUT2D eigenvalue weighted by atomic mass is 9.61. The van der Waals surface area contributed by atoms with Gasteiger partial charge in [-0.2, -0.15) is 0 Å². The van der Waals surface area contributed by atoms with Gasteiger partial charge in [0.2, 0.25) is 0 Å². The molecular weight excluding hydrogens is 846 g/mol. The van der Waals surface area contributed by atoms with Crippen LogP contribution in [0.3, 0.4) is 0 Å². The van der Waals surface area contributed by atoms with Gasteiger partial charge in [0.05, 0.1) is 30.3 Å². The number of nitrogens with zero attached hydrogens (tertiary/aromatic N) is 2. The third-order valence-corrected chi connectivity index (χ3v) is 12.2. The summed E-state index contributed by atoms with van der Waals surface area (Å²) < 4.78 is 17.0. The van der Waals surface area contributed by atoms with Crippen molar-refractivity contribution >= 4 is 23.7 Å². The molecule has 0 amide bonds. The summed E-state index contributed by atoms with van der Waals surface area (Å²) in [7, 11) is 7.98. The lowest BCUT2D eigenvalue weighted by Crippen LogP contribution is -3.00. The Bertz CT molecular complexity index is 1340. The number of hydrogen-bond acceptors (Lipinski definition) is 9. The second kappa shape index (κ2) is 26.0. The molecule has 372 valence electrons. The molecule has 0 rings (SSSR count). The molecule has 0 aliphatic heterocycles. The number of quaternary nitrogens is 1. The number of carbonyl (C=O) groups is 4. The minimum absolute atomic E-state index is 0. The first-order valence-electron chi connectivity index (χ1n) is 23.0. The van der Waals surface area contributed by atoms with Crippen molar-refractivity contribution in [2.45, 2.75) is 184 Å². The van der Waals surface area contributed by atoms with E-state index in [0.29, 0.717) is 50.4 Å². The third kappa shape index (κ3) is 25.8. The fourth-order valence-electron chi connectivity index (χ4n) is 7.36. The second-order valence-corrected chi connectivity index (χ2v) is 26.1. The van der Waals surface area contributed by atoms with Gasteiger partial charge in [0.1, 0.15) is 32.9 Å². The molecule has 2 N–H and O–H groups in total. The number of nitrogens with two attached hydrogens (primary N) is 1. The van der Waals surface area contributed by atoms with Crippen molar-refractivity contribution in [2.24, 2.45) is 54.5 Å². The van der Waals surface area contributed by atoms with Crippen molar-refractivity contribution < 1.29 is 54.9 Å². The Morgan fingerprint density at radius 2 is 0.806 bits per heavy atom. The van der Waals surface area contributed by atoms with Crippen LogP contribution in [0.2, 0.25) is 0 Å². The maximum absolute atomic E-state index is 12.9. The van der Waals surface area contributed by atoms with Crippen LogP contribution < -0.4 is 22.7 Å². The smallest absolute Gasteiger partial charge is 0.312 e. The standard InChI is InChI=1S/C21H42NO3.C16H33NO2.C14H29NO2.BrH/c1-11-12-17(23)15-22(9,10)13-14-25-18(24)21(8,20(5,6)7)16-19(2,3)4;1-14(2,3)12-16(7,15(4,5)6)13(18)19-11-10-17(8)9;1-12(2,3)10-14(7,13(4,5)6)11(16)17-9-8-15;/h11-16H2,1-10H3;10-12H2,1-9H3;8-10,15H2,1-7H3;1H/q+1;;;/p-1. The molecule has 0 aromatic heterocycles. The first-order valence-corrected chi connectivity index (χ1v) is 23.0. The quantitative estimate of drug-likeness (QED) is 0.0827. The molecule has 0 bridgehead atoms. The Kier molecular flexibility index (Phi) is 28.1. The van der Waals surface area contributed by atoms with Gasteiger partial charge in [-0.3, -0.25) is 19.2 Å². The summed E-state index contributed by atoms with van der Waals surface area (Å²) in [4.78, 5) is 51.6. The first kappa shape index (κ1) is 67.0. The lowest BCUT2D eigenvalue weighted by molar-refractivity contribution is -0.882. The molecule has 62 heavy (non-hydrogen) atoms. The van der Waals surface area contributed by atoms with Crippen LogP contribution in [0.1, 0.15) is 184 Å². The van der Waals surface area contributed by atoms with Crippen LogP contribution in [0.15, 0.2) is 0 Å². The van der Waals surface area contributed by atoms with Crippen molar-refractivity contribution in [3.8, 4) is 0 Å². The second-order valence-electron chi connectivity index (χ2n) is 26.1. The largest absolute Gasteiger partial charge is 1.00 e. The fraction of sp³-hybridized carbons (Fsp3) is 0.922. The number of ether oxygens (including phenoxy) is 3. The Hall–Kier alpha value is -1.56. The van der Waals surface area contributed by atoms with Gasteiger partial charge in [-0.1, -0.05) is 132 Å². The van der Waals surface area contributed by atoms with Crippen LogP contribution in [0, 0.1) is 48.7 Å². The number of ketones is 1. The summed E-state index contributed by atoms with van der Waals surface area (Å²) in [6.07, 6.45) is 3.90. The van der Waals surface area contributed by atoms with Gasteiger partial charge in [-0.15, -0.1) is 0 Å². The number of Topliss-reactive ketones (excluding diaryl/α,β-unsaturated/α-hetero) is 1. The monoisotopic (exact) mass is 950 g/mol. The SMILES string of the molecule is CC(C)(C)CC(C)(C(=O)OCCN)C(C)(C)C.CCCC(=O)C[N+](C)(C)CCOC(=O)C(C)(CC(C)(C)C)C(C)(C)C.CN(C)CCOC(=O)C(C)(CC(C)(C)C)C(C)(C)C.[Br-]. The van der Waals surface area contributed by atoms with Crippen LogP contribution in [-0.4, -0.2) is 107 Å². The van der Waals surface area contributed by atoms with E-state index in [1.54, 1.807) is 0 Å². The summed E-state index contributed by atoms with van der Waals surface area (Å²) in [6, 6.07) is 0. The molecule has 0 heterocycles. The van der Waals surface area contributed by atoms with E-state index >= 15 is 0 Å². The number of halogens is 1. The molecule has 10 nitrogen and oxygen atoms in total. The fourth-order valence-corrected chi connectivity index (χ4v) is 7.36. The highest BCUT2D eigenvalue weighted by molar-refractivity contribution is 5.79. The number of rotatable bonds is 18. The van der Waals surface area contributed by atoms with Gasteiger partial charge >= 0.3 is 17.9 Å². The predicted octanol–water partition coefficient (Wildman–Crippen LogP) is 8.02. The molecule has 3 atom stereocenters. The lowest BCUT2D eigenvalue weighted by Gasteiger charge is -2.43. The average molecular weight is 951 g/mol. The summed E-state index contributed by atoms with van der Waals surface area (Å²) in [5, 5.41) is 0. The van der Waals surface area contributed by atoms with Crippen LogP contribution >= 0.6 is 0 Å². The number of hydrogen-bond donors (Lipinski definition) is 1. The Morgan fingerprint density at radius 3 is 1.05 bits per heavy atom. The van der Waals surface area contributed by atoms with Gasteiger partial charge in [-0.05, 0) is 93.0 Å². The first-order chi connectivity index (χ1) is 26.8. The zero-order valence-corrected chi connectivity index (χ0v) is 47.3. The zero-order chi connectivity index (χ0) is 49.5. The van der Waals surface area contributed by atoms with E-state index < -0.39 is 16.2 Å². The topological polar surface area (TPSA) is 125 Å². The average Bonchev–Trinajstić information content (AvgIpc) is 2.99. The van der Waals surface area contributed by atoms with Crippen molar-refractivity contribution in [2.75, 3.05) is 74.2 Å². The molecule has 0 fully saturated rings. The minimum atomic E-state index is -0.541. The van der Waals surface area contributed by atoms with E-state index in [1.807, 2.05) is 60.8 Å². The van der Waals surface area contributed by atoms with Crippen LogP contribution in [0.4, 0.5) is 0 Å². The van der Waals surface area contributed by atoms with E-state index in [4.69, 9.17) is 19.9 Å². The van der Waals surface area contributed by atoms with Crippen molar-refractivity contribution in [1.82, 2.24) is 4.90 Å². The van der Waals surface area contributed by atoms with E-state index in [-0.39, 0.29) is 73.2 Å². The van der Waals surface area contributed by atoms with Gasteiger partial charge in [-0.25, -0.2) is 0 Å². The highest BCUT2D eigenvalue weighted by Gasteiger charge is 2.50. The van der Waals surface area contributed by atoms with Gasteiger partial charge < -0.3 is 46.3 Å². The highest BCUT2D eigenvalue weighted by atomic mass is 79.9. The van der Waals surface area contributed by atoms with Crippen LogP contribution in [0.5, 0.6) is 0 Å². The molecule has 0 aliphatic carbocycles. The predicted molar refractivity (Wildman–Crippen MR) is 257 cm³/mol. The highest BCUT2D eigenvalue weighted by Crippen LogP contribution is 2.49. The summed E-state index contributed by atoms with van der Waals surface area (Å²) in [6.45, 7) is 49.8. The van der Waals surface area contributed by atoms with Crippen molar-refractivity contribution in [3.63, 3.8) is 0 Å². The molecule has 0 aromatic carbocycles. The normalized spacial score (nSPS) is 15.8. The van der Waals surface area contributed by atoms with Crippen molar-refractivity contribution in [3.05, 3.63) is 0 Å². The number of esters is 3. The number of carbonyl (C=O) groups excluding carboxylic acids is 4. The Morgan fingerprint density at radius 1 is 0.516 bits per heavy atom. The maximum Gasteiger partial charge on any atom is 0.312 e. The molecule has 3 unspecified atom stereocenters. The summed E-state index contributed by atoms with van der Waals surface area (Å²) in [5.74, 6) is -0.0666. The molecule has 0 spiro atoms. The molecule has 0 saturated carbocycles. The van der Waals surface area contributed by atoms with Gasteiger partial charge in [0.15, 0.2) is 5.78 Å². The molecular formula is C51H104BrN3O7. The maximum atomic E-state index is 12.9. The van der Waals surface area contributed by atoms with E-state index in [9.17, 15) is 19.2 Å². The van der Waals surface area contributed by atoms with Gasteiger partial charge in [0, 0.05) is 19.5 Å². The van der Waals surface area contributed by atoms with Crippen molar-refractivity contribution in [1.29, 1.82) is 0 Å². The van der Waals surface area contributed by atoms with Crippen LogP contribution in [0.25, 0.3) is 0 Å². The minimum Gasteiger partial charge on any atom is -1.00 e. The van der Waals surface area contributed by atoms with E-state index in [2.05, 4.69) is 125 Å². The molecule has 11 heteroatoms. The molecule has 0 aliphatic rings. The summed E-state index contributed by atoms with van der Waals surface area (Å²) in [5.41, 5.74) is 3.69. The van der Waals surface area contributed by atoms with E-state index in [0.717, 1.165) is 32.2 Å².